The van der Waals surface area contributed by atoms with Gasteiger partial charge in [0.2, 0.25) is 0 Å². The average Bonchev–Trinajstić information content (AvgIpc) is 2.68. The largest absolute Gasteiger partial charge is 0.322 e. The molecule has 0 fully saturated rings. The fourth-order valence-electron chi connectivity index (χ4n) is 2.44. The maximum Gasteiger partial charge on any atom is 0.270 e. The van der Waals surface area contributed by atoms with Gasteiger partial charge in [0.05, 0.1) is 9.82 Å². The summed E-state index contributed by atoms with van der Waals surface area (Å²) in [6.45, 7) is 0. The van der Waals surface area contributed by atoms with Crippen LogP contribution in [-0.4, -0.2) is 19.2 Å². The number of rotatable bonds is 6. The summed E-state index contributed by atoms with van der Waals surface area (Å²) < 4.78 is 40.3. The summed E-state index contributed by atoms with van der Waals surface area (Å²) in [5.41, 5.74) is 0.328. The molecule has 0 aromatic heterocycles. The molecule has 3 rings (SSSR count). The number of non-ortho nitro benzene ring substituents is 1. The van der Waals surface area contributed by atoms with Gasteiger partial charge >= 0.3 is 0 Å². The number of nitrogens with zero attached hydrogens (tertiary/aromatic N) is 1. The lowest BCUT2D eigenvalue weighted by Crippen LogP contribution is -2.14. The molecule has 148 valence electrons. The van der Waals surface area contributed by atoms with Crippen LogP contribution in [0.2, 0.25) is 0 Å². The van der Waals surface area contributed by atoms with Crippen LogP contribution < -0.4 is 10.0 Å². The molecule has 10 heteroatoms. The standard InChI is InChI=1S/C19H14FN3O5S/c20-14-3-1-4-16(11-14)21-19(24)13-7-9-15(10-8-13)22-29(27,28)18-6-2-5-17(12-18)23(25)26/h1-12,22H,(H,21,24). The highest BCUT2D eigenvalue weighted by atomic mass is 32.2. The van der Waals surface area contributed by atoms with E-state index in [4.69, 9.17) is 0 Å². The molecule has 0 aliphatic heterocycles. The summed E-state index contributed by atoms with van der Waals surface area (Å²) in [6, 6.07) is 15.6. The molecule has 0 radical (unpaired) electrons. The molecule has 1 amide bonds. The predicted octanol–water partition coefficient (Wildman–Crippen LogP) is 3.79. The van der Waals surface area contributed by atoms with Gasteiger partial charge in [-0.05, 0) is 48.5 Å². The molecule has 0 bridgehead atoms. The van der Waals surface area contributed by atoms with E-state index < -0.39 is 26.7 Å². The van der Waals surface area contributed by atoms with Crippen molar-refractivity contribution in [3.05, 3.63) is 94.3 Å². The lowest BCUT2D eigenvalue weighted by molar-refractivity contribution is -0.385. The molecular formula is C19H14FN3O5S. The van der Waals surface area contributed by atoms with Crippen LogP contribution in [0.5, 0.6) is 0 Å². The molecule has 0 saturated carbocycles. The van der Waals surface area contributed by atoms with Crippen molar-refractivity contribution >= 4 is 33.0 Å². The van der Waals surface area contributed by atoms with Crippen molar-refractivity contribution in [2.24, 2.45) is 0 Å². The zero-order valence-corrected chi connectivity index (χ0v) is 15.5. The zero-order chi connectivity index (χ0) is 21.0. The highest BCUT2D eigenvalue weighted by molar-refractivity contribution is 7.92. The van der Waals surface area contributed by atoms with Gasteiger partial charge < -0.3 is 5.32 Å². The van der Waals surface area contributed by atoms with Crippen molar-refractivity contribution in [3.63, 3.8) is 0 Å². The molecule has 8 nitrogen and oxygen atoms in total. The molecular weight excluding hydrogens is 401 g/mol. The molecule has 0 spiro atoms. The molecule has 0 aliphatic rings. The van der Waals surface area contributed by atoms with Crippen molar-refractivity contribution in [2.45, 2.75) is 4.90 Å². The number of benzene rings is 3. The van der Waals surface area contributed by atoms with Crippen molar-refractivity contribution in [2.75, 3.05) is 10.0 Å². The monoisotopic (exact) mass is 415 g/mol. The lowest BCUT2D eigenvalue weighted by atomic mass is 10.2. The SMILES string of the molecule is O=C(Nc1cccc(F)c1)c1ccc(NS(=O)(=O)c2cccc([N+](=O)[O-])c2)cc1. The Morgan fingerprint density at radius 1 is 0.931 bits per heavy atom. The minimum Gasteiger partial charge on any atom is -0.322 e. The first kappa shape index (κ1) is 20.0. The van der Waals surface area contributed by atoms with E-state index in [0.29, 0.717) is 0 Å². The van der Waals surface area contributed by atoms with E-state index in [0.717, 1.165) is 6.07 Å². The molecule has 3 aromatic carbocycles. The number of sulfonamides is 1. The Hall–Kier alpha value is -3.79. The number of nitro groups is 1. The second-order valence-electron chi connectivity index (χ2n) is 5.90. The number of amides is 1. The van der Waals surface area contributed by atoms with E-state index in [2.05, 4.69) is 10.0 Å². The second kappa shape index (κ2) is 8.07. The molecule has 0 atom stereocenters. The van der Waals surface area contributed by atoms with Crippen LogP contribution in [0, 0.1) is 15.9 Å². The Labute approximate surface area is 165 Å². The third-order valence-electron chi connectivity index (χ3n) is 3.82. The Morgan fingerprint density at radius 3 is 2.28 bits per heavy atom. The van der Waals surface area contributed by atoms with E-state index in [-0.39, 0.29) is 27.5 Å². The van der Waals surface area contributed by atoms with Gasteiger partial charge in [0, 0.05) is 29.1 Å². The Bertz CT molecular complexity index is 1180. The van der Waals surface area contributed by atoms with Gasteiger partial charge in [-0.1, -0.05) is 12.1 Å². The highest BCUT2D eigenvalue weighted by Gasteiger charge is 2.18. The second-order valence-corrected chi connectivity index (χ2v) is 7.58. The van der Waals surface area contributed by atoms with Crippen LogP contribution in [0.4, 0.5) is 21.5 Å². The van der Waals surface area contributed by atoms with Gasteiger partial charge in [0.1, 0.15) is 5.82 Å². The number of hydrogen-bond acceptors (Lipinski definition) is 5. The smallest absolute Gasteiger partial charge is 0.270 e. The zero-order valence-electron chi connectivity index (χ0n) is 14.7. The summed E-state index contributed by atoms with van der Waals surface area (Å²) in [4.78, 5) is 22.1. The summed E-state index contributed by atoms with van der Waals surface area (Å²) in [5, 5.41) is 13.3. The van der Waals surface area contributed by atoms with Crippen molar-refractivity contribution in [3.8, 4) is 0 Å². The molecule has 2 N–H and O–H groups in total. The minimum atomic E-state index is -4.05. The van der Waals surface area contributed by atoms with Gasteiger partial charge in [-0.25, -0.2) is 12.8 Å². The first-order valence-electron chi connectivity index (χ1n) is 8.19. The van der Waals surface area contributed by atoms with Crippen molar-refractivity contribution < 1.29 is 22.5 Å². The van der Waals surface area contributed by atoms with Crippen LogP contribution in [-0.2, 0) is 10.0 Å². The molecule has 0 heterocycles. The fourth-order valence-corrected chi connectivity index (χ4v) is 3.54. The lowest BCUT2D eigenvalue weighted by Gasteiger charge is -2.09. The van der Waals surface area contributed by atoms with Gasteiger partial charge in [-0.3, -0.25) is 19.6 Å². The third kappa shape index (κ3) is 4.93. The number of nitro benzene ring substituents is 1. The van der Waals surface area contributed by atoms with Gasteiger partial charge in [0.25, 0.3) is 21.6 Å². The van der Waals surface area contributed by atoms with E-state index in [1.807, 2.05) is 0 Å². The first-order chi connectivity index (χ1) is 13.7. The van der Waals surface area contributed by atoms with Gasteiger partial charge in [-0.15, -0.1) is 0 Å². The number of carbonyl (C=O) groups excluding carboxylic acids is 1. The average molecular weight is 415 g/mol. The molecule has 29 heavy (non-hydrogen) atoms. The highest BCUT2D eigenvalue weighted by Crippen LogP contribution is 2.21. The Morgan fingerprint density at radius 2 is 1.62 bits per heavy atom. The molecule has 3 aromatic rings. The number of nitrogens with one attached hydrogen (secondary N) is 2. The van der Waals surface area contributed by atoms with Crippen LogP contribution in [0.15, 0.2) is 77.7 Å². The van der Waals surface area contributed by atoms with Crippen LogP contribution in [0.1, 0.15) is 10.4 Å². The number of hydrogen-bond donors (Lipinski definition) is 2. The van der Waals surface area contributed by atoms with Gasteiger partial charge in [-0.2, -0.15) is 0 Å². The third-order valence-corrected chi connectivity index (χ3v) is 5.20. The molecule has 0 unspecified atom stereocenters. The van der Waals surface area contributed by atoms with Crippen molar-refractivity contribution in [1.82, 2.24) is 0 Å². The van der Waals surface area contributed by atoms with E-state index in [9.17, 15) is 27.7 Å². The van der Waals surface area contributed by atoms with Crippen molar-refractivity contribution in [1.29, 1.82) is 0 Å². The van der Waals surface area contributed by atoms with Crippen LogP contribution >= 0.6 is 0 Å². The number of carbonyl (C=O) groups is 1. The fraction of sp³-hybridized carbons (Fsp3) is 0. The quantitative estimate of drug-likeness (QED) is 0.469. The summed E-state index contributed by atoms with van der Waals surface area (Å²) in [7, 11) is -4.05. The molecule has 0 saturated heterocycles. The minimum absolute atomic E-state index is 0.166. The number of halogens is 1. The summed E-state index contributed by atoms with van der Waals surface area (Å²) >= 11 is 0. The first-order valence-corrected chi connectivity index (χ1v) is 9.67. The summed E-state index contributed by atoms with van der Waals surface area (Å²) in [6.07, 6.45) is 0. The topological polar surface area (TPSA) is 118 Å². The Kier molecular flexibility index (Phi) is 5.55. The molecule has 0 aliphatic carbocycles. The maximum absolute atomic E-state index is 13.2. The predicted molar refractivity (Wildman–Crippen MR) is 105 cm³/mol. The van der Waals surface area contributed by atoms with Crippen LogP contribution in [0.3, 0.4) is 0 Å². The Balaban J connectivity index is 1.73. The summed E-state index contributed by atoms with van der Waals surface area (Å²) in [5.74, 6) is -0.989. The van der Waals surface area contributed by atoms with E-state index in [1.165, 1.54) is 66.7 Å². The van der Waals surface area contributed by atoms with E-state index in [1.54, 1.807) is 0 Å². The van der Waals surface area contributed by atoms with Gasteiger partial charge in [0.15, 0.2) is 0 Å². The van der Waals surface area contributed by atoms with Crippen LogP contribution in [0.25, 0.3) is 0 Å². The normalized spacial score (nSPS) is 10.9. The van der Waals surface area contributed by atoms with E-state index >= 15 is 0 Å². The number of anilines is 2. The maximum atomic E-state index is 13.2.